The van der Waals surface area contributed by atoms with E-state index in [0.717, 1.165) is 38.5 Å². The van der Waals surface area contributed by atoms with Crippen molar-refractivity contribution in [3.63, 3.8) is 0 Å². The lowest BCUT2D eigenvalue weighted by Crippen LogP contribution is -2.08. The molecule has 0 amide bonds. The fourth-order valence-electron chi connectivity index (χ4n) is 2.42. The molecule has 21 heavy (non-hydrogen) atoms. The van der Waals surface area contributed by atoms with Gasteiger partial charge in [-0.2, -0.15) is 0 Å². The molecule has 1 aromatic rings. The van der Waals surface area contributed by atoms with Crippen LogP contribution in [0.3, 0.4) is 0 Å². The molecule has 0 unspecified atom stereocenters. The molecule has 0 aromatic heterocycles. The van der Waals surface area contributed by atoms with E-state index in [2.05, 4.69) is 6.92 Å². The molecule has 1 aliphatic rings. The second-order valence-corrected chi connectivity index (χ2v) is 8.01. The van der Waals surface area contributed by atoms with Crippen LogP contribution < -0.4 is 0 Å². The van der Waals surface area contributed by atoms with Gasteiger partial charge in [-0.05, 0) is 31.4 Å². The van der Waals surface area contributed by atoms with Gasteiger partial charge in [-0.1, -0.05) is 44.7 Å². The molecule has 1 aliphatic carbocycles. The maximum absolute atomic E-state index is 12.2. The van der Waals surface area contributed by atoms with E-state index in [1.165, 1.54) is 0 Å². The van der Waals surface area contributed by atoms with Crippen LogP contribution in [-0.2, 0) is 9.84 Å². The molecule has 1 fully saturated rings. The number of sulfone groups is 1. The quantitative estimate of drug-likeness (QED) is 0.511. The van der Waals surface area contributed by atoms with E-state index in [0.29, 0.717) is 16.9 Å². The Morgan fingerprint density at radius 3 is 2.24 bits per heavy atom. The van der Waals surface area contributed by atoms with E-state index >= 15 is 0 Å². The monoisotopic (exact) mass is 308 g/mol. The number of carbonyl (C=O) groups is 1. The highest BCUT2D eigenvalue weighted by Crippen LogP contribution is 2.32. The molecule has 0 atom stereocenters. The van der Waals surface area contributed by atoms with E-state index in [-0.39, 0.29) is 17.5 Å². The van der Waals surface area contributed by atoms with Gasteiger partial charge in [0.05, 0.1) is 10.6 Å². The average Bonchev–Trinajstić information content (AvgIpc) is 3.31. The van der Waals surface area contributed by atoms with Gasteiger partial charge in [0.1, 0.15) is 0 Å². The van der Waals surface area contributed by atoms with Crippen molar-refractivity contribution in [3.05, 3.63) is 29.8 Å². The van der Waals surface area contributed by atoms with Crippen molar-refractivity contribution >= 4 is 15.6 Å². The predicted molar refractivity (Wildman–Crippen MR) is 84.3 cm³/mol. The maximum Gasteiger partial charge on any atom is 0.178 e. The Morgan fingerprint density at radius 2 is 1.67 bits per heavy atom. The van der Waals surface area contributed by atoms with Gasteiger partial charge >= 0.3 is 0 Å². The Bertz CT molecular complexity index is 569. The highest BCUT2D eigenvalue weighted by Gasteiger charge is 2.30. The lowest BCUT2D eigenvalue weighted by molar-refractivity contribution is 0.0967. The van der Waals surface area contributed by atoms with Gasteiger partial charge in [0.25, 0.3) is 0 Å². The maximum atomic E-state index is 12.2. The molecule has 0 spiro atoms. The van der Waals surface area contributed by atoms with Crippen LogP contribution in [-0.4, -0.2) is 20.0 Å². The number of hydrogen-bond acceptors (Lipinski definition) is 3. The highest BCUT2D eigenvalue weighted by molar-refractivity contribution is 7.91. The van der Waals surface area contributed by atoms with Crippen molar-refractivity contribution < 1.29 is 13.2 Å². The normalized spacial score (nSPS) is 15.1. The average molecular weight is 308 g/mol. The van der Waals surface area contributed by atoms with E-state index in [1.807, 2.05) is 0 Å². The fraction of sp³-hybridized carbons (Fsp3) is 0.588. The molecule has 0 saturated heterocycles. The smallest absolute Gasteiger partial charge is 0.178 e. The van der Waals surface area contributed by atoms with Crippen LogP contribution >= 0.6 is 0 Å². The van der Waals surface area contributed by atoms with Crippen molar-refractivity contribution in [2.24, 2.45) is 5.92 Å². The summed E-state index contributed by atoms with van der Waals surface area (Å²) < 4.78 is 24.4. The molecule has 0 aliphatic heterocycles. The van der Waals surface area contributed by atoms with Crippen LogP contribution in [0.15, 0.2) is 29.2 Å². The minimum atomic E-state index is -3.21. The Labute approximate surface area is 127 Å². The summed E-state index contributed by atoms with van der Waals surface area (Å²) in [6.07, 6.45) is 7.03. The van der Waals surface area contributed by atoms with Crippen LogP contribution in [0.1, 0.15) is 62.2 Å². The zero-order valence-electron chi connectivity index (χ0n) is 12.7. The molecular formula is C17H24O3S. The molecular weight excluding hydrogens is 284 g/mol. The summed E-state index contributed by atoms with van der Waals surface area (Å²) in [7, 11) is -3.21. The first-order chi connectivity index (χ1) is 10.0. The molecule has 0 N–H and O–H groups in total. The number of unbranched alkanes of at least 4 members (excludes halogenated alkanes) is 4. The summed E-state index contributed by atoms with van der Waals surface area (Å²) >= 11 is 0. The number of carbonyl (C=O) groups excluding carboxylic acids is 1. The van der Waals surface area contributed by atoms with E-state index < -0.39 is 9.84 Å². The van der Waals surface area contributed by atoms with Crippen LogP contribution in [0.2, 0.25) is 0 Å². The second kappa shape index (κ2) is 7.21. The van der Waals surface area contributed by atoms with E-state index in [1.54, 1.807) is 24.3 Å². The first kappa shape index (κ1) is 16.2. The zero-order chi connectivity index (χ0) is 15.3. The number of benzene rings is 1. The Hall–Kier alpha value is -1.16. The van der Waals surface area contributed by atoms with Gasteiger partial charge in [-0.25, -0.2) is 8.42 Å². The molecule has 0 bridgehead atoms. The van der Waals surface area contributed by atoms with Crippen LogP contribution in [0, 0.1) is 5.92 Å². The SMILES string of the molecule is CCCCCCCS(=O)(=O)c1ccc(C(=O)C2CC2)cc1. The fourth-order valence-corrected chi connectivity index (χ4v) is 3.79. The van der Waals surface area contributed by atoms with Gasteiger partial charge in [0.15, 0.2) is 15.6 Å². The molecule has 3 nitrogen and oxygen atoms in total. The van der Waals surface area contributed by atoms with Gasteiger partial charge < -0.3 is 0 Å². The van der Waals surface area contributed by atoms with Crippen LogP contribution in [0.25, 0.3) is 0 Å². The van der Waals surface area contributed by atoms with Crippen molar-refractivity contribution in [2.75, 3.05) is 5.75 Å². The third-order valence-corrected chi connectivity index (χ3v) is 5.78. The van der Waals surface area contributed by atoms with Crippen molar-refractivity contribution in [1.29, 1.82) is 0 Å². The molecule has 0 radical (unpaired) electrons. The summed E-state index contributed by atoms with van der Waals surface area (Å²) in [6.45, 7) is 2.14. The largest absolute Gasteiger partial charge is 0.294 e. The molecule has 4 heteroatoms. The van der Waals surface area contributed by atoms with Gasteiger partial charge in [-0.3, -0.25) is 4.79 Å². The Balaban J connectivity index is 1.91. The van der Waals surface area contributed by atoms with E-state index in [4.69, 9.17) is 0 Å². The molecule has 116 valence electrons. The van der Waals surface area contributed by atoms with Crippen molar-refractivity contribution in [2.45, 2.75) is 56.8 Å². The highest BCUT2D eigenvalue weighted by atomic mass is 32.2. The summed E-state index contributed by atoms with van der Waals surface area (Å²) in [5.41, 5.74) is 0.638. The van der Waals surface area contributed by atoms with Gasteiger partial charge in [-0.15, -0.1) is 0 Å². The summed E-state index contributed by atoms with van der Waals surface area (Å²) in [5.74, 6) is 0.525. The van der Waals surface area contributed by atoms with Gasteiger partial charge in [0.2, 0.25) is 0 Å². The molecule has 0 heterocycles. The lowest BCUT2D eigenvalue weighted by atomic mass is 10.1. The third kappa shape index (κ3) is 4.67. The van der Waals surface area contributed by atoms with Gasteiger partial charge in [0, 0.05) is 11.5 Å². The minimum absolute atomic E-state index is 0.151. The first-order valence-corrected chi connectivity index (χ1v) is 9.57. The molecule has 2 rings (SSSR count). The van der Waals surface area contributed by atoms with Crippen molar-refractivity contribution in [3.8, 4) is 0 Å². The summed E-state index contributed by atoms with van der Waals surface area (Å²) in [6, 6.07) is 6.48. The Kier molecular flexibility index (Phi) is 5.57. The number of rotatable bonds is 9. The zero-order valence-corrected chi connectivity index (χ0v) is 13.5. The topological polar surface area (TPSA) is 51.2 Å². The summed E-state index contributed by atoms with van der Waals surface area (Å²) in [5, 5.41) is 0. The number of Topliss-reactive ketones (excluding diaryl/α,β-unsaturated/α-hetero) is 1. The number of hydrogen-bond donors (Lipinski definition) is 0. The third-order valence-electron chi connectivity index (χ3n) is 3.96. The first-order valence-electron chi connectivity index (χ1n) is 7.91. The predicted octanol–water partition coefficient (Wildman–Crippen LogP) is 4.02. The van der Waals surface area contributed by atoms with Crippen LogP contribution in [0.4, 0.5) is 0 Å². The summed E-state index contributed by atoms with van der Waals surface area (Å²) in [4.78, 5) is 12.2. The van der Waals surface area contributed by atoms with Crippen LogP contribution in [0.5, 0.6) is 0 Å². The standard InChI is InChI=1S/C17H24O3S/c1-2-3-4-5-6-13-21(19,20)16-11-9-15(10-12-16)17(18)14-7-8-14/h9-12,14H,2-8,13H2,1H3. The number of ketones is 1. The second-order valence-electron chi connectivity index (χ2n) is 5.90. The van der Waals surface area contributed by atoms with Crippen molar-refractivity contribution in [1.82, 2.24) is 0 Å². The minimum Gasteiger partial charge on any atom is -0.294 e. The Morgan fingerprint density at radius 1 is 1.05 bits per heavy atom. The lowest BCUT2D eigenvalue weighted by Gasteiger charge is -2.06. The van der Waals surface area contributed by atoms with E-state index in [9.17, 15) is 13.2 Å². The molecule has 1 saturated carbocycles. The molecule has 1 aromatic carbocycles.